The van der Waals surface area contributed by atoms with Crippen molar-refractivity contribution in [3.8, 4) is 0 Å². The van der Waals surface area contributed by atoms with Crippen LogP contribution >= 0.6 is 0 Å². The molecule has 1 aromatic carbocycles. The standard InChI is InChI=1S/C18H16O4/c1-21-16(20)18-10-9-7-17(12(10)14(18)13(17)11(9)18)22-15(19)8-5-3-2-4-6-8/h2-6,9-14H,7H2,1H3. The normalized spacial score (nSPS) is 53.3. The van der Waals surface area contributed by atoms with Crippen LogP contribution in [0.15, 0.2) is 30.3 Å². The first-order chi connectivity index (χ1) is 10.7. The van der Waals surface area contributed by atoms with Crippen molar-refractivity contribution >= 4 is 11.9 Å². The minimum atomic E-state index is -0.257. The zero-order valence-corrected chi connectivity index (χ0v) is 12.2. The Kier molecular flexibility index (Phi) is 1.65. The van der Waals surface area contributed by atoms with Gasteiger partial charge in [-0.2, -0.15) is 0 Å². The molecule has 0 aromatic heterocycles. The van der Waals surface area contributed by atoms with E-state index in [2.05, 4.69) is 0 Å². The molecule has 112 valence electrons. The molecule has 6 saturated carbocycles. The lowest BCUT2D eigenvalue weighted by atomic mass is 9.12. The minimum absolute atomic E-state index is 0.0128. The van der Waals surface area contributed by atoms with Gasteiger partial charge >= 0.3 is 11.9 Å². The summed E-state index contributed by atoms with van der Waals surface area (Å²) in [7, 11) is 1.49. The van der Waals surface area contributed by atoms with Crippen LogP contribution in [0.1, 0.15) is 16.8 Å². The molecule has 1 aromatic rings. The van der Waals surface area contributed by atoms with Crippen LogP contribution in [0.2, 0.25) is 0 Å². The summed E-state index contributed by atoms with van der Waals surface area (Å²) in [5.41, 5.74) is 0.193. The monoisotopic (exact) mass is 296 g/mol. The van der Waals surface area contributed by atoms with E-state index in [0.717, 1.165) is 6.42 Å². The molecule has 4 unspecified atom stereocenters. The molecular formula is C18H16O4. The van der Waals surface area contributed by atoms with E-state index in [-0.39, 0.29) is 23.0 Å². The first-order valence-corrected chi connectivity index (χ1v) is 8.04. The van der Waals surface area contributed by atoms with Crippen molar-refractivity contribution in [1.82, 2.24) is 0 Å². The molecule has 6 aliphatic carbocycles. The average molecular weight is 296 g/mol. The van der Waals surface area contributed by atoms with Crippen LogP contribution in [-0.4, -0.2) is 24.6 Å². The number of esters is 2. The topological polar surface area (TPSA) is 52.6 Å². The van der Waals surface area contributed by atoms with E-state index in [1.807, 2.05) is 18.2 Å². The summed E-state index contributed by atoms with van der Waals surface area (Å²) in [6, 6.07) is 9.21. The zero-order chi connectivity index (χ0) is 14.9. The van der Waals surface area contributed by atoms with Crippen molar-refractivity contribution in [1.29, 1.82) is 0 Å². The smallest absolute Gasteiger partial charge is 0.338 e. The lowest BCUT2D eigenvalue weighted by molar-refractivity contribution is -0.463. The summed E-state index contributed by atoms with van der Waals surface area (Å²) in [4.78, 5) is 24.6. The van der Waals surface area contributed by atoms with Gasteiger partial charge in [-0.15, -0.1) is 0 Å². The SMILES string of the molecule is COC(=O)C12C3C4CC5(OC(=O)c6ccccc6)C3C1C5C42. The van der Waals surface area contributed by atoms with Gasteiger partial charge in [0.15, 0.2) is 0 Å². The Morgan fingerprint density at radius 2 is 1.73 bits per heavy atom. The molecule has 0 saturated heterocycles. The Hall–Kier alpha value is -1.84. The molecule has 0 amide bonds. The number of rotatable bonds is 3. The molecule has 6 aliphatic rings. The van der Waals surface area contributed by atoms with E-state index in [0.29, 0.717) is 41.1 Å². The predicted molar refractivity (Wildman–Crippen MR) is 74.6 cm³/mol. The maximum atomic E-state index is 12.4. The van der Waals surface area contributed by atoms with E-state index in [1.54, 1.807) is 12.1 Å². The van der Waals surface area contributed by atoms with Gasteiger partial charge in [-0.3, -0.25) is 4.79 Å². The molecule has 7 rings (SSSR count). The van der Waals surface area contributed by atoms with Crippen molar-refractivity contribution in [2.24, 2.45) is 40.9 Å². The van der Waals surface area contributed by atoms with Crippen LogP contribution in [0.3, 0.4) is 0 Å². The fourth-order valence-electron chi connectivity index (χ4n) is 7.42. The summed E-state index contributed by atoms with van der Waals surface area (Å²) in [5.74, 6) is 2.47. The molecular weight excluding hydrogens is 280 g/mol. The number of methoxy groups -OCH3 is 1. The number of hydrogen-bond donors (Lipinski definition) is 0. The van der Waals surface area contributed by atoms with Crippen LogP contribution in [0.5, 0.6) is 0 Å². The van der Waals surface area contributed by atoms with Crippen LogP contribution in [-0.2, 0) is 14.3 Å². The van der Waals surface area contributed by atoms with Crippen molar-refractivity contribution in [3.05, 3.63) is 35.9 Å². The van der Waals surface area contributed by atoms with Crippen LogP contribution in [0.25, 0.3) is 0 Å². The second kappa shape index (κ2) is 3.10. The third kappa shape index (κ3) is 0.792. The summed E-state index contributed by atoms with van der Waals surface area (Å²) >= 11 is 0. The summed E-state index contributed by atoms with van der Waals surface area (Å²) in [6.07, 6.45) is 0.964. The van der Waals surface area contributed by atoms with Crippen LogP contribution in [0.4, 0.5) is 0 Å². The Labute approximate surface area is 127 Å². The average Bonchev–Trinajstić information content (AvgIpc) is 2.73. The maximum Gasteiger partial charge on any atom is 0.338 e. The summed E-state index contributed by atoms with van der Waals surface area (Å²) in [5, 5.41) is 0. The first kappa shape index (κ1) is 11.7. The minimum Gasteiger partial charge on any atom is -0.469 e. The second-order valence-corrected chi connectivity index (χ2v) is 7.63. The van der Waals surface area contributed by atoms with Crippen LogP contribution in [0, 0.1) is 40.9 Å². The number of carbonyl (C=O) groups is 2. The van der Waals surface area contributed by atoms with Crippen molar-refractivity contribution in [3.63, 3.8) is 0 Å². The van der Waals surface area contributed by atoms with E-state index >= 15 is 0 Å². The van der Waals surface area contributed by atoms with E-state index in [1.165, 1.54) is 7.11 Å². The van der Waals surface area contributed by atoms with Crippen LogP contribution < -0.4 is 0 Å². The van der Waals surface area contributed by atoms with Crippen molar-refractivity contribution in [2.45, 2.75) is 12.0 Å². The molecule has 0 spiro atoms. The molecule has 0 aliphatic heterocycles. The number of carbonyl (C=O) groups excluding carboxylic acids is 2. The molecule has 0 N–H and O–H groups in total. The largest absolute Gasteiger partial charge is 0.469 e. The Morgan fingerprint density at radius 1 is 1.05 bits per heavy atom. The number of hydrogen-bond acceptors (Lipinski definition) is 4. The Balaban J connectivity index is 1.30. The third-order valence-corrected chi connectivity index (χ3v) is 7.64. The van der Waals surface area contributed by atoms with E-state index in [9.17, 15) is 9.59 Å². The highest BCUT2D eigenvalue weighted by molar-refractivity contribution is 5.91. The van der Waals surface area contributed by atoms with Gasteiger partial charge in [-0.25, -0.2) is 4.79 Å². The van der Waals surface area contributed by atoms with Crippen molar-refractivity contribution < 1.29 is 19.1 Å². The van der Waals surface area contributed by atoms with Gasteiger partial charge < -0.3 is 9.47 Å². The molecule has 4 nitrogen and oxygen atoms in total. The van der Waals surface area contributed by atoms with E-state index < -0.39 is 0 Å². The van der Waals surface area contributed by atoms with Gasteiger partial charge in [0.25, 0.3) is 0 Å². The second-order valence-electron chi connectivity index (χ2n) is 7.63. The van der Waals surface area contributed by atoms with Gasteiger partial charge in [0.2, 0.25) is 0 Å². The fourth-order valence-corrected chi connectivity index (χ4v) is 7.42. The third-order valence-electron chi connectivity index (χ3n) is 7.64. The van der Waals surface area contributed by atoms with Gasteiger partial charge in [-0.05, 0) is 42.2 Å². The number of benzene rings is 1. The van der Waals surface area contributed by atoms with Gasteiger partial charge in [0.1, 0.15) is 5.60 Å². The highest BCUT2D eigenvalue weighted by Gasteiger charge is 3.06. The molecule has 0 heterocycles. The molecule has 4 atom stereocenters. The molecule has 0 radical (unpaired) electrons. The predicted octanol–water partition coefficient (Wildman–Crippen LogP) is 1.90. The quantitative estimate of drug-likeness (QED) is 0.799. The molecule has 2 bridgehead atoms. The highest BCUT2D eigenvalue weighted by Crippen LogP contribution is 3.01. The number of ether oxygens (including phenoxy) is 2. The Morgan fingerprint density at radius 3 is 2.36 bits per heavy atom. The summed E-state index contributed by atoms with van der Waals surface area (Å²) in [6.45, 7) is 0. The lowest BCUT2D eigenvalue weighted by Gasteiger charge is -2.90. The molecule has 22 heavy (non-hydrogen) atoms. The Bertz CT molecular complexity index is 719. The zero-order valence-electron chi connectivity index (χ0n) is 12.2. The molecule has 6 fully saturated rings. The first-order valence-electron chi connectivity index (χ1n) is 8.04. The van der Waals surface area contributed by atoms with Crippen molar-refractivity contribution in [2.75, 3.05) is 7.11 Å². The van der Waals surface area contributed by atoms with Gasteiger partial charge in [0.05, 0.1) is 18.1 Å². The molecule has 4 heteroatoms. The van der Waals surface area contributed by atoms with Gasteiger partial charge in [-0.1, -0.05) is 18.2 Å². The highest BCUT2D eigenvalue weighted by atomic mass is 16.6. The van der Waals surface area contributed by atoms with E-state index in [4.69, 9.17) is 9.47 Å². The van der Waals surface area contributed by atoms with Gasteiger partial charge in [0, 0.05) is 11.8 Å². The maximum absolute atomic E-state index is 12.4. The fraction of sp³-hybridized carbons (Fsp3) is 0.556. The lowest BCUT2D eigenvalue weighted by Crippen LogP contribution is -2.95. The summed E-state index contributed by atoms with van der Waals surface area (Å²) < 4.78 is 11.1.